The maximum Gasteiger partial charge on any atom is 0.338 e. The Morgan fingerprint density at radius 2 is 2.04 bits per heavy atom. The molecule has 7 nitrogen and oxygen atoms in total. The van der Waals surface area contributed by atoms with Crippen LogP contribution in [0.25, 0.3) is 0 Å². The van der Waals surface area contributed by atoms with Gasteiger partial charge in [-0.05, 0) is 19.4 Å². The van der Waals surface area contributed by atoms with Crippen molar-refractivity contribution in [3.05, 3.63) is 46.6 Å². The highest BCUT2D eigenvalue weighted by Crippen LogP contribution is 2.46. The fraction of sp³-hybridized carbons (Fsp3) is 0.400. The van der Waals surface area contributed by atoms with Crippen LogP contribution in [0.5, 0.6) is 11.5 Å². The topological polar surface area (TPSA) is 104 Å². The number of hydrogen-bond acceptors (Lipinski definition) is 7. The van der Waals surface area contributed by atoms with E-state index in [0.717, 1.165) is 6.42 Å². The second kappa shape index (κ2) is 8.99. The van der Waals surface area contributed by atoms with Gasteiger partial charge in [0.05, 0.1) is 32.3 Å². The lowest BCUT2D eigenvalue weighted by Gasteiger charge is -2.29. The Hall–Kier alpha value is -3.14. The summed E-state index contributed by atoms with van der Waals surface area (Å²) >= 11 is 0. The Bertz CT molecular complexity index is 820. The molecule has 2 rings (SSSR count). The molecular formula is C20H24N2O5. The van der Waals surface area contributed by atoms with Crippen molar-refractivity contribution in [1.29, 1.82) is 5.26 Å². The number of esters is 1. The monoisotopic (exact) mass is 372 g/mol. The summed E-state index contributed by atoms with van der Waals surface area (Å²) in [6.07, 6.45) is 1.21. The third kappa shape index (κ3) is 3.85. The molecule has 0 saturated carbocycles. The molecule has 27 heavy (non-hydrogen) atoms. The van der Waals surface area contributed by atoms with Crippen LogP contribution in [0.2, 0.25) is 0 Å². The summed E-state index contributed by atoms with van der Waals surface area (Å²) in [5, 5.41) is 9.71. The predicted molar refractivity (Wildman–Crippen MR) is 98.8 cm³/mol. The number of hydrogen-bond donors (Lipinski definition) is 1. The molecule has 0 radical (unpaired) electrons. The molecule has 0 unspecified atom stereocenters. The van der Waals surface area contributed by atoms with E-state index in [1.165, 1.54) is 14.2 Å². The fourth-order valence-electron chi connectivity index (χ4n) is 3.11. The van der Waals surface area contributed by atoms with Gasteiger partial charge in [0, 0.05) is 12.0 Å². The minimum Gasteiger partial charge on any atom is -0.493 e. The molecule has 1 aliphatic heterocycles. The first-order chi connectivity index (χ1) is 13.0. The zero-order valence-corrected chi connectivity index (χ0v) is 16.0. The van der Waals surface area contributed by atoms with E-state index in [0.29, 0.717) is 29.2 Å². The summed E-state index contributed by atoms with van der Waals surface area (Å²) in [6.45, 7) is 3.88. The first-order valence-electron chi connectivity index (χ1n) is 8.72. The van der Waals surface area contributed by atoms with Crippen molar-refractivity contribution in [2.24, 2.45) is 5.73 Å². The van der Waals surface area contributed by atoms with Gasteiger partial charge in [0.2, 0.25) is 5.88 Å². The predicted octanol–water partition coefficient (Wildman–Crippen LogP) is 3.13. The smallest absolute Gasteiger partial charge is 0.338 e. The van der Waals surface area contributed by atoms with Crippen LogP contribution in [0.1, 0.15) is 38.2 Å². The molecule has 0 fully saturated rings. The second-order valence-corrected chi connectivity index (χ2v) is 5.81. The number of carbonyl (C=O) groups is 1. The number of carbonyl (C=O) groups excluding carboxylic acids is 1. The standard InChI is InChI=1S/C20H24N2O5/c1-5-8-14-17(20(23)26-6-2)16(13(11-21)19(22)27-14)12-9-7-10-15(24-3)18(12)25-4/h7,9-10,16H,5-6,8,22H2,1-4H3/t16-/m1/s1. The van der Waals surface area contributed by atoms with Crippen molar-refractivity contribution < 1.29 is 23.7 Å². The molecule has 7 heteroatoms. The Morgan fingerprint density at radius 1 is 1.30 bits per heavy atom. The van der Waals surface area contributed by atoms with E-state index in [4.69, 9.17) is 24.7 Å². The van der Waals surface area contributed by atoms with Gasteiger partial charge in [-0.25, -0.2) is 4.79 Å². The van der Waals surface area contributed by atoms with Crippen molar-refractivity contribution in [2.75, 3.05) is 20.8 Å². The van der Waals surface area contributed by atoms with Crippen molar-refractivity contribution in [1.82, 2.24) is 0 Å². The SMILES string of the molecule is CCCC1=C(C(=O)OCC)[C@H](c2cccc(OC)c2OC)C(C#N)=C(N)O1. The highest BCUT2D eigenvalue weighted by Gasteiger charge is 2.39. The van der Waals surface area contributed by atoms with Crippen LogP contribution in [0.3, 0.4) is 0 Å². The van der Waals surface area contributed by atoms with Crippen molar-refractivity contribution >= 4 is 5.97 Å². The molecule has 2 N–H and O–H groups in total. The summed E-state index contributed by atoms with van der Waals surface area (Å²) < 4.78 is 21.8. The van der Waals surface area contributed by atoms with Crippen LogP contribution < -0.4 is 15.2 Å². The number of allylic oxidation sites excluding steroid dienone is 2. The number of nitriles is 1. The van der Waals surface area contributed by atoms with Gasteiger partial charge in [-0.1, -0.05) is 19.1 Å². The number of benzene rings is 1. The van der Waals surface area contributed by atoms with Gasteiger partial charge in [0.1, 0.15) is 17.4 Å². The normalized spacial score (nSPS) is 16.5. The molecule has 0 aliphatic carbocycles. The van der Waals surface area contributed by atoms with Crippen LogP contribution in [-0.2, 0) is 14.3 Å². The van der Waals surface area contributed by atoms with Gasteiger partial charge in [-0.2, -0.15) is 5.26 Å². The molecule has 1 aromatic carbocycles. The Kier molecular flexibility index (Phi) is 6.72. The number of ether oxygens (including phenoxy) is 4. The summed E-state index contributed by atoms with van der Waals surface area (Å²) in [5.74, 6) is -0.0284. The van der Waals surface area contributed by atoms with Gasteiger partial charge >= 0.3 is 5.97 Å². The molecule has 0 spiro atoms. The van der Waals surface area contributed by atoms with E-state index in [1.807, 2.05) is 6.92 Å². The first-order valence-corrected chi connectivity index (χ1v) is 8.72. The molecule has 0 saturated heterocycles. The van der Waals surface area contributed by atoms with Gasteiger partial charge in [-0.3, -0.25) is 0 Å². The number of methoxy groups -OCH3 is 2. The van der Waals surface area contributed by atoms with Crippen molar-refractivity contribution in [3.8, 4) is 17.6 Å². The van der Waals surface area contributed by atoms with Crippen LogP contribution in [0, 0.1) is 11.3 Å². The van der Waals surface area contributed by atoms with E-state index < -0.39 is 11.9 Å². The maximum atomic E-state index is 12.8. The summed E-state index contributed by atoms with van der Waals surface area (Å²) in [7, 11) is 3.02. The van der Waals surface area contributed by atoms with E-state index in [-0.39, 0.29) is 23.6 Å². The van der Waals surface area contributed by atoms with E-state index >= 15 is 0 Å². The van der Waals surface area contributed by atoms with E-state index in [9.17, 15) is 10.1 Å². The molecular weight excluding hydrogens is 348 g/mol. The first kappa shape index (κ1) is 20.2. The molecule has 1 heterocycles. The van der Waals surface area contributed by atoms with Crippen LogP contribution >= 0.6 is 0 Å². The number of para-hydroxylation sites is 1. The summed E-state index contributed by atoms with van der Waals surface area (Å²) in [4.78, 5) is 12.8. The average molecular weight is 372 g/mol. The largest absolute Gasteiger partial charge is 0.493 e. The minimum absolute atomic E-state index is 0.0242. The zero-order valence-electron chi connectivity index (χ0n) is 16.0. The van der Waals surface area contributed by atoms with Gasteiger partial charge in [-0.15, -0.1) is 0 Å². The third-order valence-electron chi connectivity index (χ3n) is 4.21. The fourth-order valence-corrected chi connectivity index (χ4v) is 3.11. The van der Waals surface area contributed by atoms with E-state index in [2.05, 4.69) is 6.07 Å². The summed E-state index contributed by atoms with van der Waals surface area (Å²) in [5.41, 5.74) is 6.98. The lowest BCUT2D eigenvalue weighted by molar-refractivity contribution is -0.139. The average Bonchev–Trinajstić information content (AvgIpc) is 2.67. The molecule has 0 bridgehead atoms. The number of nitrogens with two attached hydrogens (primary N) is 1. The minimum atomic E-state index is -0.769. The Morgan fingerprint density at radius 3 is 2.59 bits per heavy atom. The lowest BCUT2D eigenvalue weighted by atomic mass is 9.81. The van der Waals surface area contributed by atoms with Crippen LogP contribution in [-0.4, -0.2) is 26.8 Å². The van der Waals surface area contributed by atoms with Crippen LogP contribution in [0.4, 0.5) is 0 Å². The molecule has 0 amide bonds. The third-order valence-corrected chi connectivity index (χ3v) is 4.21. The molecule has 1 aromatic rings. The maximum absolute atomic E-state index is 12.8. The second-order valence-electron chi connectivity index (χ2n) is 5.81. The van der Waals surface area contributed by atoms with Crippen molar-refractivity contribution in [3.63, 3.8) is 0 Å². The highest BCUT2D eigenvalue weighted by atomic mass is 16.5. The highest BCUT2D eigenvalue weighted by molar-refractivity contribution is 5.93. The Balaban J connectivity index is 2.78. The van der Waals surface area contributed by atoms with Gasteiger partial charge < -0.3 is 24.7 Å². The van der Waals surface area contributed by atoms with Crippen molar-refractivity contribution in [2.45, 2.75) is 32.6 Å². The molecule has 1 aliphatic rings. The molecule has 0 aromatic heterocycles. The van der Waals surface area contributed by atoms with Crippen LogP contribution in [0.15, 0.2) is 41.0 Å². The lowest BCUT2D eigenvalue weighted by Crippen LogP contribution is -2.26. The van der Waals surface area contributed by atoms with Gasteiger partial charge in [0.25, 0.3) is 0 Å². The number of nitrogens with zero attached hydrogens (tertiary/aromatic N) is 1. The summed E-state index contributed by atoms with van der Waals surface area (Å²) in [6, 6.07) is 7.34. The zero-order chi connectivity index (χ0) is 20.0. The van der Waals surface area contributed by atoms with E-state index in [1.54, 1.807) is 25.1 Å². The van der Waals surface area contributed by atoms with Gasteiger partial charge in [0.15, 0.2) is 11.5 Å². The molecule has 144 valence electrons. The quantitative estimate of drug-likeness (QED) is 0.733. The number of rotatable bonds is 7. The Labute approximate surface area is 159 Å². The molecule has 1 atom stereocenters.